The quantitative estimate of drug-likeness (QED) is 0.615. The summed E-state index contributed by atoms with van der Waals surface area (Å²) in [5, 5.41) is 6.24. The number of aryl methyl sites for hydroxylation is 1. The second-order valence-electron chi connectivity index (χ2n) is 7.83. The van der Waals surface area contributed by atoms with Crippen molar-refractivity contribution in [3.05, 3.63) is 64.0 Å². The van der Waals surface area contributed by atoms with Crippen LogP contribution < -0.4 is 16.2 Å². The largest absolute Gasteiger partial charge is 0.438 e. The van der Waals surface area contributed by atoms with Crippen LogP contribution in [-0.2, 0) is 28.2 Å². The number of amides is 2. The highest BCUT2D eigenvalue weighted by molar-refractivity contribution is 5.88. The zero-order valence-electron chi connectivity index (χ0n) is 18.3. The first-order chi connectivity index (χ1) is 15.4. The molecule has 0 atom stereocenters. The normalized spacial score (nSPS) is 14.4. The first-order valence-electron chi connectivity index (χ1n) is 10.6. The van der Waals surface area contributed by atoms with E-state index in [2.05, 4.69) is 20.6 Å². The molecule has 3 aromatic rings. The van der Waals surface area contributed by atoms with E-state index >= 15 is 0 Å². The lowest BCUT2D eigenvalue weighted by molar-refractivity contribution is -0.121. The highest BCUT2D eigenvalue weighted by Gasteiger charge is 2.41. The van der Waals surface area contributed by atoms with Crippen LogP contribution in [-0.4, -0.2) is 26.5 Å². The summed E-state index contributed by atoms with van der Waals surface area (Å²) in [6.07, 6.45) is 5.49. The Bertz CT molecular complexity index is 1260. The van der Waals surface area contributed by atoms with Crippen molar-refractivity contribution in [1.29, 1.82) is 0 Å². The number of cyclic esters (lactones) is 1. The van der Waals surface area contributed by atoms with Gasteiger partial charge in [-0.3, -0.25) is 24.9 Å². The Morgan fingerprint density at radius 1 is 1.25 bits per heavy atom. The second kappa shape index (κ2) is 8.41. The van der Waals surface area contributed by atoms with Gasteiger partial charge in [0.2, 0.25) is 5.91 Å². The molecule has 1 aliphatic rings. The molecule has 0 aliphatic carbocycles. The monoisotopic (exact) mass is 435 g/mol. The molecular formula is C23H25N5O4. The molecular weight excluding hydrogens is 410 g/mol. The molecule has 1 aliphatic heterocycles. The molecule has 0 unspecified atom stereocenters. The van der Waals surface area contributed by atoms with Gasteiger partial charge in [-0.15, -0.1) is 0 Å². The molecule has 9 heteroatoms. The van der Waals surface area contributed by atoms with Crippen molar-refractivity contribution in [2.75, 3.05) is 5.32 Å². The van der Waals surface area contributed by atoms with E-state index in [1.165, 1.54) is 4.57 Å². The standard InChI is InChI=1S/C23H25N5O4/c1-4-23(5-2)17-9-14(3)28(21(30)20(17)27-22(31)32-23)13-18(29)26-12-16-11-24-10-15-7-6-8-25-19(15)16/h6-11H,4-5,12-13H2,1-3H3,(H,26,29)(H,27,31). The number of fused-ring (bicyclic) bond motifs is 2. The lowest BCUT2D eigenvalue weighted by Gasteiger charge is -2.37. The summed E-state index contributed by atoms with van der Waals surface area (Å²) in [6.45, 7) is 5.65. The Morgan fingerprint density at radius 2 is 2.03 bits per heavy atom. The molecule has 0 saturated carbocycles. The fraction of sp³-hybridized carbons (Fsp3) is 0.348. The van der Waals surface area contributed by atoms with Gasteiger partial charge in [-0.05, 0) is 38.0 Å². The summed E-state index contributed by atoms with van der Waals surface area (Å²) in [4.78, 5) is 46.5. The van der Waals surface area contributed by atoms with Crippen LogP contribution >= 0.6 is 0 Å². The predicted octanol–water partition coefficient (Wildman–Crippen LogP) is 2.99. The molecule has 0 bridgehead atoms. The molecule has 4 rings (SSSR count). The average Bonchev–Trinajstić information content (AvgIpc) is 2.80. The van der Waals surface area contributed by atoms with Crippen LogP contribution in [0, 0.1) is 6.92 Å². The van der Waals surface area contributed by atoms with Crippen LogP contribution in [0.25, 0.3) is 10.9 Å². The Balaban J connectivity index is 1.58. The molecule has 2 N–H and O–H groups in total. The number of hydrogen-bond donors (Lipinski definition) is 2. The Labute approximate surface area is 184 Å². The molecule has 2 amide bonds. The number of pyridine rings is 3. The lowest BCUT2D eigenvalue weighted by Crippen LogP contribution is -2.44. The topological polar surface area (TPSA) is 115 Å². The Kier molecular flexibility index (Phi) is 5.65. The van der Waals surface area contributed by atoms with Gasteiger partial charge in [0, 0.05) is 47.3 Å². The maximum absolute atomic E-state index is 13.2. The van der Waals surface area contributed by atoms with Crippen LogP contribution in [0.2, 0.25) is 0 Å². The van der Waals surface area contributed by atoms with E-state index < -0.39 is 17.3 Å². The zero-order valence-corrected chi connectivity index (χ0v) is 18.3. The van der Waals surface area contributed by atoms with E-state index in [9.17, 15) is 14.4 Å². The van der Waals surface area contributed by atoms with E-state index in [4.69, 9.17) is 4.74 Å². The summed E-state index contributed by atoms with van der Waals surface area (Å²) in [5.74, 6) is -0.335. The van der Waals surface area contributed by atoms with Gasteiger partial charge < -0.3 is 14.6 Å². The summed E-state index contributed by atoms with van der Waals surface area (Å²) in [7, 11) is 0. The van der Waals surface area contributed by atoms with Crippen molar-refractivity contribution in [3.63, 3.8) is 0 Å². The van der Waals surface area contributed by atoms with Crippen molar-refractivity contribution in [2.24, 2.45) is 0 Å². The van der Waals surface area contributed by atoms with Gasteiger partial charge in [0.15, 0.2) is 0 Å². The van der Waals surface area contributed by atoms with Crippen LogP contribution in [0.1, 0.15) is 43.5 Å². The minimum absolute atomic E-state index is 0.172. The van der Waals surface area contributed by atoms with Gasteiger partial charge in [-0.1, -0.05) is 13.8 Å². The van der Waals surface area contributed by atoms with Crippen LogP contribution in [0.4, 0.5) is 10.5 Å². The van der Waals surface area contributed by atoms with Crippen LogP contribution in [0.3, 0.4) is 0 Å². The van der Waals surface area contributed by atoms with Crippen molar-refractivity contribution < 1.29 is 14.3 Å². The van der Waals surface area contributed by atoms with Crippen molar-refractivity contribution in [2.45, 2.75) is 52.3 Å². The lowest BCUT2D eigenvalue weighted by atomic mass is 9.86. The fourth-order valence-corrected chi connectivity index (χ4v) is 4.16. The predicted molar refractivity (Wildman–Crippen MR) is 119 cm³/mol. The number of carbonyl (C=O) groups excluding carboxylic acids is 2. The SMILES string of the molecule is CCC1(CC)OC(=O)Nc2c1cc(C)n(CC(=O)NCc1cncc3cccnc13)c2=O. The van der Waals surface area contributed by atoms with Gasteiger partial charge in [0.05, 0.1) is 5.52 Å². The van der Waals surface area contributed by atoms with E-state index in [0.717, 1.165) is 16.5 Å². The van der Waals surface area contributed by atoms with Crippen molar-refractivity contribution >= 4 is 28.6 Å². The molecule has 4 heterocycles. The molecule has 0 fully saturated rings. The third kappa shape index (κ3) is 3.70. The van der Waals surface area contributed by atoms with Gasteiger partial charge in [0.1, 0.15) is 17.8 Å². The molecule has 0 aromatic carbocycles. The van der Waals surface area contributed by atoms with Crippen molar-refractivity contribution in [1.82, 2.24) is 19.9 Å². The molecule has 0 spiro atoms. The number of aromatic nitrogens is 3. The third-order valence-corrected chi connectivity index (χ3v) is 6.02. The summed E-state index contributed by atoms with van der Waals surface area (Å²) >= 11 is 0. The summed E-state index contributed by atoms with van der Waals surface area (Å²) < 4.78 is 6.92. The smallest absolute Gasteiger partial charge is 0.412 e. The maximum atomic E-state index is 13.2. The third-order valence-electron chi connectivity index (χ3n) is 6.02. The van der Waals surface area contributed by atoms with Gasteiger partial charge in [0.25, 0.3) is 5.56 Å². The number of nitrogens with one attached hydrogen (secondary N) is 2. The molecule has 0 radical (unpaired) electrons. The van der Waals surface area contributed by atoms with Gasteiger partial charge >= 0.3 is 6.09 Å². The number of hydrogen-bond acceptors (Lipinski definition) is 6. The molecule has 3 aromatic heterocycles. The van der Waals surface area contributed by atoms with Crippen LogP contribution in [0.15, 0.2) is 41.6 Å². The minimum atomic E-state index is -0.850. The van der Waals surface area contributed by atoms with Gasteiger partial charge in [-0.2, -0.15) is 0 Å². The summed E-state index contributed by atoms with van der Waals surface area (Å²) in [6, 6.07) is 5.55. The highest BCUT2D eigenvalue weighted by atomic mass is 16.6. The second-order valence-corrected chi connectivity index (χ2v) is 7.83. The fourth-order valence-electron chi connectivity index (χ4n) is 4.16. The van der Waals surface area contributed by atoms with E-state index in [1.54, 1.807) is 25.5 Å². The number of ether oxygens (including phenoxy) is 1. The molecule has 32 heavy (non-hydrogen) atoms. The molecule has 0 saturated heterocycles. The van der Waals surface area contributed by atoms with E-state index in [0.29, 0.717) is 24.1 Å². The van der Waals surface area contributed by atoms with E-state index in [-0.39, 0.29) is 24.7 Å². The Hall–Kier alpha value is -3.75. The van der Waals surface area contributed by atoms with Gasteiger partial charge in [-0.25, -0.2) is 4.79 Å². The maximum Gasteiger partial charge on any atom is 0.412 e. The summed E-state index contributed by atoms with van der Waals surface area (Å²) in [5.41, 5.74) is 1.71. The number of carbonyl (C=O) groups is 2. The minimum Gasteiger partial charge on any atom is -0.438 e. The Morgan fingerprint density at radius 3 is 2.78 bits per heavy atom. The zero-order chi connectivity index (χ0) is 22.9. The average molecular weight is 435 g/mol. The van der Waals surface area contributed by atoms with E-state index in [1.807, 2.05) is 32.0 Å². The first kappa shape index (κ1) is 21.5. The van der Waals surface area contributed by atoms with Crippen molar-refractivity contribution in [3.8, 4) is 0 Å². The molecule has 166 valence electrons. The highest BCUT2D eigenvalue weighted by Crippen LogP contribution is 2.40. The number of rotatable bonds is 6. The number of nitrogens with zero attached hydrogens (tertiary/aromatic N) is 3. The molecule has 9 nitrogen and oxygen atoms in total. The van der Waals surface area contributed by atoms with Crippen LogP contribution in [0.5, 0.6) is 0 Å². The number of anilines is 1. The first-order valence-corrected chi connectivity index (χ1v) is 10.6.